The van der Waals surface area contributed by atoms with Crippen LogP contribution in [-0.4, -0.2) is 6.04 Å². The minimum absolute atomic E-state index is 0.737. The smallest absolute Gasteiger partial charge is 0.0351 e. The first-order valence-corrected chi connectivity index (χ1v) is 9.45. The summed E-state index contributed by atoms with van der Waals surface area (Å²) < 4.78 is 0. The summed E-state index contributed by atoms with van der Waals surface area (Å²) in [6, 6.07) is 7.42. The van der Waals surface area contributed by atoms with Crippen LogP contribution in [0.4, 0.5) is 0 Å². The number of thiophene rings is 2. The van der Waals surface area contributed by atoms with Crippen LogP contribution in [0.5, 0.6) is 0 Å². The fourth-order valence-electron chi connectivity index (χ4n) is 3.14. The van der Waals surface area contributed by atoms with Crippen LogP contribution < -0.4 is 5.32 Å². The molecule has 0 aromatic carbocycles. The Morgan fingerprint density at radius 2 is 2.25 bits per heavy atom. The van der Waals surface area contributed by atoms with Crippen LogP contribution in [0.3, 0.4) is 0 Å². The molecule has 1 N–H and O–H groups in total. The molecule has 1 saturated carbocycles. The van der Waals surface area contributed by atoms with Crippen molar-refractivity contribution in [1.82, 2.24) is 5.32 Å². The molecular weight excluding hydrogens is 282 g/mol. The average Bonchev–Trinajstić information content (AvgIpc) is 3.16. The van der Waals surface area contributed by atoms with Crippen molar-refractivity contribution < 1.29 is 0 Å². The fourth-order valence-corrected chi connectivity index (χ4v) is 4.76. The minimum atomic E-state index is 0.737. The van der Waals surface area contributed by atoms with Gasteiger partial charge in [-0.2, -0.15) is 0 Å². The lowest BCUT2D eigenvalue weighted by atomic mass is 9.84. The summed E-state index contributed by atoms with van der Waals surface area (Å²) in [6.07, 6.45) is 6.93. The second-order valence-electron chi connectivity index (χ2n) is 5.80. The molecule has 2 unspecified atom stereocenters. The molecule has 0 bridgehead atoms. The first-order valence-electron chi connectivity index (χ1n) is 7.70. The summed E-state index contributed by atoms with van der Waals surface area (Å²) in [4.78, 5) is 2.85. The Morgan fingerprint density at radius 1 is 1.30 bits per heavy atom. The van der Waals surface area contributed by atoms with E-state index in [1.54, 1.807) is 0 Å². The summed E-state index contributed by atoms with van der Waals surface area (Å²) in [5.41, 5.74) is 1.39. The lowest BCUT2D eigenvalue weighted by Crippen LogP contribution is -2.33. The maximum atomic E-state index is 3.77. The predicted molar refractivity (Wildman–Crippen MR) is 90.5 cm³/mol. The summed E-state index contributed by atoms with van der Waals surface area (Å²) in [5, 5.41) is 8.22. The van der Waals surface area contributed by atoms with Crippen molar-refractivity contribution in [2.24, 2.45) is 5.92 Å². The van der Waals surface area contributed by atoms with E-state index in [0.29, 0.717) is 0 Å². The van der Waals surface area contributed by atoms with Gasteiger partial charge in [0.15, 0.2) is 0 Å². The molecule has 0 saturated heterocycles. The van der Waals surface area contributed by atoms with Crippen LogP contribution in [-0.2, 0) is 6.54 Å². The zero-order valence-electron chi connectivity index (χ0n) is 12.1. The molecule has 0 aliphatic heterocycles. The molecule has 2 atom stereocenters. The van der Waals surface area contributed by atoms with Crippen molar-refractivity contribution in [3.05, 3.63) is 33.8 Å². The number of nitrogens with one attached hydrogen (secondary N) is 1. The zero-order chi connectivity index (χ0) is 13.8. The highest BCUT2D eigenvalue weighted by molar-refractivity contribution is 7.14. The molecule has 1 aliphatic rings. The first-order chi connectivity index (χ1) is 9.85. The van der Waals surface area contributed by atoms with Crippen molar-refractivity contribution in [2.45, 2.75) is 51.6 Å². The Labute approximate surface area is 130 Å². The summed E-state index contributed by atoms with van der Waals surface area (Å²) in [7, 11) is 0. The van der Waals surface area contributed by atoms with E-state index in [2.05, 4.69) is 41.2 Å². The van der Waals surface area contributed by atoms with Crippen LogP contribution in [0.2, 0.25) is 0 Å². The molecule has 2 aromatic rings. The normalized spacial score (nSPS) is 23.1. The van der Waals surface area contributed by atoms with Crippen LogP contribution in [0.15, 0.2) is 29.0 Å². The van der Waals surface area contributed by atoms with Gasteiger partial charge in [0.1, 0.15) is 0 Å². The van der Waals surface area contributed by atoms with Crippen molar-refractivity contribution in [3.8, 4) is 10.4 Å². The minimum Gasteiger partial charge on any atom is -0.309 e. The van der Waals surface area contributed by atoms with Gasteiger partial charge in [-0.15, -0.1) is 22.7 Å². The molecule has 0 spiro atoms. The first kappa shape index (κ1) is 14.3. The molecule has 2 aromatic heterocycles. The molecule has 3 rings (SSSR count). The SMILES string of the molecule is CCC1CCCC(NCc2cc(-c3cccs3)cs2)C1. The molecule has 3 heteroatoms. The lowest BCUT2D eigenvalue weighted by molar-refractivity contribution is 0.279. The third kappa shape index (κ3) is 3.51. The Kier molecular flexibility index (Phi) is 4.92. The van der Waals surface area contributed by atoms with Crippen LogP contribution in [0.1, 0.15) is 43.9 Å². The van der Waals surface area contributed by atoms with E-state index >= 15 is 0 Å². The van der Waals surface area contributed by atoms with Crippen LogP contribution >= 0.6 is 22.7 Å². The fraction of sp³-hybridized carbons (Fsp3) is 0.529. The highest BCUT2D eigenvalue weighted by atomic mass is 32.1. The summed E-state index contributed by atoms with van der Waals surface area (Å²) >= 11 is 3.71. The van der Waals surface area contributed by atoms with Gasteiger partial charge in [-0.3, -0.25) is 0 Å². The van der Waals surface area contributed by atoms with Gasteiger partial charge in [0, 0.05) is 27.9 Å². The molecule has 2 heterocycles. The highest BCUT2D eigenvalue weighted by Crippen LogP contribution is 2.30. The van der Waals surface area contributed by atoms with Crippen molar-refractivity contribution in [1.29, 1.82) is 0 Å². The topological polar surface area (TPSA) is 12.0 Å². The van der Waals surface area contributed by atoms with Gasteiger partial charge in [-0.1, -0.05) is 32.3 Å². The lowest BCUT2D eigenvalue weighted by Gasteiger charge is -2.29. The van der Waals surface area contributed by atoms with Gasteiger partial charge in [0.25, 0.3) is 0 Å². The third-order valence-electron chi connectivity index (χ3n) is 4.38. The Bertz CT molecular complexity index is 515. The third-order valence-corrected chi connectivity index (χ3v) is 6.24. The molecule has 0 amide bonds. The van der Waals surface area contributed by atoms with E-state index in [1.165, 1.54) is 47.4 Å². The van der Waals surface area contributed by atoms with E-state index in [9.17, 15) is 0 Å². The van der Waals surface area contributed by atoms with Gasteiger partial charge in [-0.25, -0.2) is 0 Å². The molecule has 0 radical (unpaired) electrons. The summed E-state index contributed by atoms with van der Waals surface area (Å²) in [5.74, 6) is 0.950. The Balaban J connectivity index is 1.54. The molecular formula is C17H23NS2. The van der Waals surface area contributed by atoms with Crippen LogP contribution in [0, 0.1) is 5.92 Å². The van der Waals surface area contributed by atoms with Crippen molar-refractivity contribution in [2.75, 3.05) is 0 Å². The molecule has 1 fully saturated rings. The number of hydrogen-bond donors (Lipinski definition) is 1. The van der Waals surface area contributed by atoms with E-state index in [0.717, 1.165) is 18.5 Å². The van der Waals surface area contributed by atoms with Crippen molar-refractivity contribution >= 4 is 22.7 Å². The number of hydrogen-bond acceptors (Lipinski definition) is 3. The zero-order valence-corrected chi connectivity index (χ0v) is 13.7. The van der Waals surface area contributed by atoms with Gasteiger partial charge in [0.05, 0.1) is 0 Å². The molecule has 1 aliphatic carbocycles. The van der Waals surface area contributed by atoms with E-state index in [4.69, 9.17) is 0 Å². The standard InChI is InChI=1S/C17H23NS2/c1-2-13-5-3-6-15(9-13)18-11-16-10-14(12-20-16)17-7-4-8-19-17/h4,7-8,10,12-13,15,18H,2-3,5-6,9,11H2,1H3. The second-order valence-corrected chi connectivity index (χ2v) is 7.74. The maximum absolute atomic E-state index is 3.77. The Morgan fingerprint density at radius 3 is 3.05 bits per heavy atom. The van der Waals surface area contributed by atoms with Gasteiger partial charge >= 0.3 is 0 Å². The maximum Gasteiger partial charge on any atom is 0.0351 e. The van der Waals surface area contributed by atoms with Crippen molar-refractivity contribution in [3.63, 3.8) is 0 Å². The van der Waals surface area contributed by atoms with E-state index in [-0.39, 0.29) is 0 Å². The molecule has 1 nitrogen and oxygen atoms in total. The van der Waals surface area contributed by atoms with Gasteiger partial charge in [-0.05, 0) is 41.7 Å². The van der Waals surface area contributed by atoms with E-state index in [1.807, 2.05) is 22.7 Å². The Hall–Kier alpha value is -0.640. The van der Waals surface area contributed by atoms with Gasteiger partial charge < -0.3 is 5.32 Å². The highest BCUT2D eigenvalue weighted by Gasteiger charge is 2.20. The summed E-state index contributed by atoms with van der Waals surface area (Å²) in [6.45, 7) is 3.37. The van der Waals surface area contributed by atoms with Gasteiger partial charge in [0.2, 0.25) is 0 Å². The second kappa shape index (κ2) is 6.88. The average molecular weight is 306 g/mol. The largest absolute Gasteiger partial charge is 0.309 e. The quantitative estimate of drug-likeness (QED) is 0.765. The van der Waals surface area contributed by atoms with E-state index < -0.39 is 0 Å². The molecule has 108 valence electrons. The number of rotatable bonds is 5. The predicted octanol–water partition coefficient (Wildman–Crippen LogP) is 5.54. The molecule has 20 heavy (non-hydrogen) atoms. The monoisotopic (exact) mass is 305 g/mol. The van der Waals surface area contributed by atoms with Crippen LogP contribution in [0.25, 0.3) is 10.4 Å².